The second kappa shape index (κ2) is 2.21. The maximum atomic E-state index is 9.65. The molecule has 0 aromatic carbocycles. The summed E-state index contributed by atoms with van der Waals surface area (Å²) in [6.07, 6.45) is 0.896. The molecule has 0 amide bonds. The van der Waals surface area contributed by atoms with E-state index in [1.165, 1.54) is 0 Å². The lowest BCUT2D eigenvalue weighted by Crippen LogP contribution is -2.50. The van der Waals surface area contributed by atoms with Gasteiger partial charge in [-0.05, 0) is 18.8 Å². The summed E-state index contributed by atoms with van der Waals surface area (Å²) in [6, 6.07) is 0. The fraction of sp³-hybridized carbons (Fsp3) is 1.00. The van der Waals surface area contributed by atoms with Gasteiger partial charge in [0.25, 0.3) is 0 Å². The third-order valence-electron chi connectivity index (χ3n) is 1.97. The monoisotopic (exact) mass is 143 g/mol. The van der Waals surface area contributed by atoms with Gasteiger partial charge in [-0.2, -0.15) is 0 Å². The Labute approximate surface area is 62.6 Å². The lowest BCUT2D eigenvalue weighted by molar-refractivity contribution is -0.00942. The first-order valence-electron chi connectivity index (χ1n) is 3.84. The van der Waals surface area contributed by atoms with Crippen molar-refractivity contribution in [2.45, 2.75) is 32.8 Å². The number of hydrogen-bond acceptors (Lipinski definition) is 2. The van der Waals surface area contributed by atoms with E-state index in [2.05, 4.69) is 19.2 Å². The maximum absolute atomic E-state index is 9.65. The van der Waals surface area contributed by atoms with Crippen LogP contribution in [0.25, 0.3) is 0 Å². The Kier molecular flexibility index (Phi) is 1.77. The molecule has 0 aliphatic carbocycles. The summed E-state index contributed by atoms with van der Waals surface area (Å²) in [6.45, 7) is 7.99. The van der Waals surface area contributed by atoms with Gasteiger partial charge >= 0.3 is 0 Å². The van der Waals surface area contributed by atoms with Crippen molar-refractivity contribution in [2.75, 3.05) is 13.1 Å². The molecular formula is C8H17NO. The van der Waals surface area contributed by atoms with E-state index >= 15 is 0 Å². The van der Waals surface area contributed by atoms with Crippen molar-refractivity contribution in [3.8, 4) is 0 Å². The third-order valence-corrected chi connectivity index (χ3v) is 1.97. The average Bonchev–Trinajstić information content (AvgIpc) is 1.56. The molecule has 1 atom stereocenters. The number of rotatable bonds is 0. The first kappa shape index (κ1) is 8.02. The number of β-amino-alcohol motifs (C(OH)–C–C–N with tert-alkyl or cyclic N) is 1. The minimum Gasteiger partial charge on any atom is -0.389 e. The van der Waals surface area contributed by atoms with Crippen molar-refractivity contribution in [1.82, 2.24) is 5.32 Å². The summed E-state index contributed by atoms with van der Waals surface area (Å²) in [5, 5.41) is 12.9. The zero-order valence-corrected chi connectivity index (χ0v) is 7.07. The van der Waals surface area contributed by atoms with E-state index in [1.807, 2.05) is 6.92 Å². The lowest BCUT2D eigenvalue weighted by atomic mass is 9.78. The minimum atomic E-state index is -0.498. The Morgan fingerprint density at radius 2 is 1.80 bits per heavy atom. The summed E-state index contributed by atoms with van der Waals surface area (Å²) in [5.74, 6) is 0. The van der Waals surface area contributed by atoms with Crippen LogP contribution in [0.3, 0.4) is 0 Å². The van der Waals surface area contributed by atoms with Gasteiger partial charge in [0.05, 0.1) is 5.60 Å². The SMILES string of the molecule is CC1(C)CNCC(C)(O)C1. The predicted octanol–water partition coefficient (Wildman–Crippen LogP) is 0.757. The Bertz CT molecular complexity index is 115. The molecule has 10 heavy (non-hydrogen) atoms. The van der Waals surface area contributed by atoms with Crippen molar-refractivity contribution in [3.05, 3.63) is 0 Å². The highest BCUT2D eigenvalue weighted by molar-refractivity contribution is 4.89. The van der Waals surface area contributed by atoms with Gasteiger partial charge in [0.15, 0.2) is 0 Å². The molecule has 0 spiro atoms. The normalized spacial score (nSPS) is 39.6. The van der Waals surface area contributed by atoms with E-state index < -0.39 is 5.60 Å². The van der Waals surface area contributed by atoms with Crippen molar-refractivity contribution >= 4 is 0 Å². The minimum absolute atomic E-state index is 0.252. The summed E-state index contributed by atoms with van der Waals surface area (Å²) >= 11 is 0. The molecule has 60 valence electrons. The van der Waals surface area contributed by atoms with Crippen molar-refractivity contribution in [3.63, 3.8) is 0 Å². The second-order valence-corrected chi connectivity index (χ2v) is 4.44. The summed E-state index contributed by atoms with van der Waals surface area (Å²) in [5.41, 5.74) is -0.247. The Balaban J connectivity index is 2.56. The molecule has 2 heteroatoms. The molecule has 0 aromatic rings. The molecule has 1 fully saturated rings. The first-order valence-corrected chi connectivity index (χ1v) is 3.84. The Morgan fingerprint density at radius 1 is 1.20 bits per heavy atom. The van der Waals surface area contributed by atoms with Gasteiger partial charge in [-0.15, -0.1) is 0 Å². The summed E-state index contributed by atoms with van der Waals surface area (Å²) in [7, 11) is 0. The van der Waals surface area contributed by atoms with Crippen LogP contribution in [-0.2, 0) is 0 Å². The molecule has 1 saturated heterocycles. The van der Waals surface area contributed by atoms with Gasteiger partial charge in [0, 0.05) is 13.1 Å². The van der Waals surface area contributed by atoms with Crippen molar-refractivity contribution < 1.29 is 5.11 Å². The number of piperidine rings is 1. The highest BCUT2D eigenvalue weighted by Gasteiger charge is 2.34. The molecule has 1 rings (SSSR count). The highest BCUT2D eigenvalue weighted by atomic mass is 16.3. The molecule has 0 bridgehead atoms. The van der Waals surface area contributed by atoms with Crippen LogP contribution in [0, 0.1) is 5.41 Å². The van der Waals surface area contributed by atoms with E-state index in [-0.39, 0.29) is 5.41 Å². The Hall–Kier alpha value is -0.0800. The molecule has 2 N–H and O–H groups in total. The molecule has 1 aliphatic rings. The largest absolute Gasteiger partial charge is 0.389 e. The third kappa shape index (κ3) is 1.96. The zero-order valence-electron chi connectivity index (χ0n) is 7.07. The van der Waals surface area contributed by atoms with Crippen LogP contribution in [0.2, 0.25) is 0 Å². The van der Waals surface area contributed by atoms with Gasteiger partial charge in [-0.1, -0.05) is 13.8 Å². The quantitative estimate of drug-likeness (QED) is 0.524. The van der Waals surface area contributed by atoms with Gasteiger partial charge in [0.1, 0.15) is 0 Å². The van der Waals surface area contributed by atoms with Gasteiger partial charge in [-0.3, -0.25) is 0 Å². The van der Waals surface area contributed by atoms with Crippen LogP contribution < -0.4 is 5.32 Å². The predicted molar refractivity (Wildman–Crippen MR) is 41.9 cm³/mol. The van der Waals surface area contributed by atoms with Crippen LogP contribution in [0.1, 0.15) is 27.2 Å². The molecule has 0 aromatic heterocycles. The first-order chi connectivity index (χ1) is 4.41. The van der Waals surface area contributed by atoms with Gasteiger partial charge < -0.3 is 10.4 Å². The number of hydrogen-bond donors (Lipinski definition) is 2. The van der Waals surface area contributed by atoms with Crippen molar-refractivity contribution in [2.24, 2.45) is 5.41 Å². The molecule has 2 nitrogen and oxygen atoms in total. The molecule has 1 aliphatic heterocycles. The van der Waals surface area contributed by atoms with Crippen LogP contribution in [0.5, 0.6) is 0 Å². The fourth-order valence-electron chi connectivity index (χ4n) is 1.83. The molecular weight excluding hydrogens is 126 g/mol. The molecule has 1 heterocycles. The Morgan fingerprint density at radius 3 is 2.10 bits per heavy atom. The van der Waals surface area contributed by atoms with E-state index in [9.17, 15) is 5.11 Å². The molecule has 0 radical (unpaired) electrons. The molecule has 0 saturated carbocycles. The molecule has 1 unspecified atom stereocenters. The van der Waals surface area contributed by atoms with E-state index in [4.69, 9.17) is 0 Å². The highest BCUT2D eigenvalue weighted by Crippen LogP contribution is 2.29. The average molecular weight is 143 g/mol. The van der Waals surface area contributed by atoms with Crippen molar-refractivity contribution in [1.29, 1.82) is 0 Å². The topological polar surface area (TPSA) is 32.3 Å². The van der Waals surface area contributed by atoms with Crippen LogP contribution in [0.4, 0.5) is 0 Å². The lowest BCUT2D eigenvalue weighted by Gasteiger charge is -2.39. The van der Waals surface area contributed by atoms with Crippen LogP contribution in [-0.4, -0.2) is 23.8 Å². The summed E-state index contributed by atoms with van der Waals surface area (Å²) < 4.78 is 0. The van der Waals surface area contributed by atoms with E-state index in [0.717, 1.165) is 19.5 Å². The van der Waals surface area contributed by atoms with Gasteiger partial charge in [0.2, 0.25) is 0 Å². The fourth-order valence-corrected chi connectivity index (χ4v) is 1.83. The number of nitrogens with one attached hydrogen (secondary N) is 1. The smallest absolute Gasteiger partial charge is 0.0749 e. The van der Waals surface area contributed by atoms with Crippen LogP contribution >= 0.6 is 0 Å². The summed E-state index contributed by atoms with van der Waals surface area (Å²) in [4.78, 5) is 0. The maximum Gasteiger partial charge on any atom is 0.0749 e. The van der Waals surface area contributed by atoms with Crippen LogP contribution in [0.15, 0.2) is 0 Å². The van der Waals surface area contributed by atoms with E-state index in [1.54, 1.807) is 0 Å². The zero-order chi connectivity index (χ0) is 7.83. The van der Waals surface area contributed by atoms with Gasteiger partial charge in [-0.25, -0.2) is 0 Å². The second-order valence-electron chi connectivity index (χ2n) is 4.44. The standard InChI is InChI=1S/C8H17NO/c1-7(2)4-8(3,10)6-9-5-7/h9-10H,4-6H2,1-3H3. The number of aliphatic hydroxyl groups is 1. The van der Waals surface area contributed by atoms with E-state index in [0.29, 0.717) is 0 Å².